The molecule has 0 saturated heterocycles. The van der Waals surface area contributed by atoms with Crippen molar-refractivity contribution < 1.29 is 0 Å². The van der Waals surface area contributed by atoms with Gasteiger partial charge in [0, 0.05) is 25.3 Å². The molecular formula is C13H22N4. The monoisotopic (exact) mass is 234 g/mol. The lowest BCUT2D eigenvalue weighted by Gasteiger charge is -2.16. The number of aromatic nitrogens is 2. The van der Waals surface area contributed by atoms with Crippen LogP contribution < -0.4 is 10.6 Å². The Hall–Kier alpha value is -1.16. The summed E-state index contributed by atoms with van der Waals surface area (Å²) in [5, 5.41) is 6.91. The van der Waals surface area contributed by atoms with Gasteiger partial charge in [0.05, 0.1) is 0 Å². The SMILES string of the molecule is c1cc(NCCNC2CCCCCC2)ncn1. The van der Waals surface area contributed by atoms with Crippen molar-refractivity contribution in [1.82, 2.24) is 15.3 Å². The summed E-state index contributed by atoms with van der Waals surface area (Å²) in [5.74, 6) is 0.905. The van der Waals surface area contributed by atoms with Crippen molar-refractivity contribution in [3.05, 3.63) is 18.6 Å². The summed E-state index contributed by atoms with van der Waals surface area (Å²) in [4.78, 5) is 8.02. The van der Waals surface area contributed by atoms with Crippen LogP contribution in [0.5, 0.6) is 0 Å². The van der Waals surface area contributed by atoms with E-state index in [1.165, 1.54) is 38.5 Å². The molecule has 0 aliphatic heterocycles. The normalized spacial score (nSPS) is 17.6. The van der Waals surface area contributed by atoms with Gasteiger partial charge in [-0.15, -0.1) is 0 Å². The smallest absolute Gasteiger partial charge is 0.129 e. The minimum absolute atomic E-state index is 0.727. The molecule has 0 spiro atoms. The standard InChI is InChI=1S/C13H22N4/c1-2-4-6-12(5-3-1)15-9-10-16-13-7-8-14-11-17-13/h7-8,11-12,15H,1-6,9-10H2,(H,14,16,17). The second-order valence-corrected chi connectivity index (χ2v) is 4.66. The van der Waals surface area contributed by atoms with Gasteiger partial charge in [-0.2, -0.15) is 0 Å². The molecule has 1 aromatic rings. The van der Waals surface area contributed by atoms with Gasteiger partial charge in [0.15, 0.2) is 0 Å². The van der Waals surface area contributed by atoms with Crippen molar-refractivity contribution in [3.8, 4) is 0 Å². The van der Waals surface area contributed by atoms with Crippen LogP contribution in [-0.2, 0) is 0 Å². The minimum Gasteiger partial charge on any atom is -0.369 e. The van der Waals surface area contributed by atoms with Gasteiger partial charge in [-0.05, 0) is 18.9 Å². The Morgan fingerprint density at radius 3 is 2.65 bits per heavy atom. The molecule has 94 valence electrons. The van der Waals surface area contributed by atoms with Gasteiger partial charge in [0.25, 0.3) is 0 Å². The fraction of sp³-hybridized carbons (Fsp3) is 0.692. The Morgan fingerprint density at radius 2 is 1.94 bits per heavy atom. The highest BCUT2D eigenvalue weighted by Crippen LogP contribution is 2.16. The first-order valence-corrected chi connectivity index (χ1v) is 6.68. The molecule has 1 saturated carbocycles. The van der Waals surface area contributed by atoms with E-state index < -0.39 is 0 Å². The van der Waals surface area contributed by atoms with E-state index in [0.29, 0.717) is 0 Å². The molecule has 0 bridgehead atoms. The second-order valence-electron chi connectivity index (χ2n) is 4.66. The summed E-state index contributed by atoms with van der Waals surface area (Å²) in [5.41, 5.74) is 0. The molecule has 2 rings (SSSR count). The Balaban J connectivity index is 1.59. The van der Waals surface area contributed by atoms with Crippen molar-refractivity contribution in [2.75, 3.05) is 18.4 Å². The Kier molecular flexibility index (Phi) is 5.23. The van der Waals surface area contributed by atoms with Crippen LogP contribution >= 0.6 is 0 Å². The first-order chi connectivity index (χ1) is 8.45. The van der Waals surface area contributed by atoms with Crippen LogP contribution in [0.15, 0.2) is 18.6 Å². The number of nitrogens with one attached hydrogen (secondary N) is 2. The lowest BCUT2D eigenvalue weighted by atomic mass is 10.1. The second kappa shape index (κ2) is 7.22. The van der Waals surface area contributed by atoms with Crippen LogP contribution in [0, 0.1) is 0 Å². The van der Waals surface area contributed by atoms with Gasteiger partial charge in [0.1, 0.15) is 12.1 Å². The number of hydrogen-bond acceptors (Lipinski definition) is 4. The molecule has 4 nitrogen and oxygen atoms in total. The lowest BCUT2D eigenvalue weighted by Crippen LogP contribution is -2.32. The molecule has 0 amide bonds. The molecule has 1 aromatic heterocycles. The van der Waals surface area contributed by atoms with Crippen molar-refractivity contribution in [3.63, 3.8) is 0 Å². The molecule has 0 aromatic carbocycles. The number of anilines is 1. The van der Waals surface area contributed by atoms with Crippen LogP contribution in [0.25, 0.3) is 0 Å². The number of nitrogens with zero attached hydrogens (tertiary/aromatic N) is 2. The summed E-state index contributed by atoms with van der Waals surface area (Å²) in [6.45, 7) is 1.93. The maximum absolute atomic E-state index is 4.13. The molecule has 17 heavy (non-hydrogen) atoms. The van der Waals surface area contributed by atoms with Gasteiger partial charge in [-0.3, -0.25) is 0 Å². The lowest BCUT2D eigenvalue weighted by molar-refractivity contribution is 0.468. The molecule has 0 radical (unpaired) electrons. The minimum atomic E-state index is 0.727. The summed E-state index contributed by atoms with van der Waals surface area (Å²) in [6.07, 6.45) is 11.6. The topological polar surface area (TPSA) is 49.8 Å². The van der Waals surface area contributed by atoms with E-state index in [4.69, 9.17) is 0 Å². The highest BCUT2D eigenvalue weighted by atomic mass is 15.0. The van der Waals surface area contributed by atoms with Crippen molar-refractivity contribution in [2.45, 2.75) is 44.6 Å². The average Bonchev–Trinajstić information content (AvgIpc) is 2.65. The molecule has 1 fully saturated rings. The van der Waals surface area contributed by atoms with E-state index in [-0.39, 0.29) is 0 Å². The highest BCUT2D eigenvalue weighted by Gasteiger charge is 2.10. The fourth-order valence-electron chi connectivity index (χ4n) is 2.35. The number of hydrogen-bond donors (Lipinski definition) is 2. The Morgan fingerprint density at radius 1 is 1.12 bits per heavy atom. The van der Waals surface area contributed by atoms with Crippen LogP contribution in [0.2, 0.25) is 0 Å². The molecule has 0 atom stereocenters. The maximum atomic E-state index is 4.13. The van der Waals surface area contributed by atoms with E-state index in [2.05, 4.69) is 20.6 Å². The quantitative estimate of drug-likeness (QED) is 0.606. The molecule has 1 aliphatic rings. The number of rotatable bonds is 5. The van der Waals surface area contributed by atoms with Crippen molar-refractivity contribution >= 4 is 5.82 Å². The van der Waals surface area contributed by atoms with Gasteiger partial charge in [-0.25, -0.2) is 9.97 Å². The summed E-state index contributed by atoms with van der Waals surface area (Å²) >= 11 is 0. The first-order valence-electron chi connectivity index (χ1n) is 6.68. The molecule has 0 unspecified atom stereocenters. The third-order valence-corrected chi connectivity index (χ3v) is 3.30. The average molecular weight is 234 g/mol. The van der Waals surface area contributed by atoms with Gasteiger partial charge < -0.3 is 10.6 Å². The molecule has 1 heterocycles. The Bertz CT molecular complexity index is 294. The molecule has 2 N–H and O–H groups in total. The predicted molar refractivity (Wildman–Crippen MR) is 70.0 cm³/mol. The van der Waals surface area contributed by atoms with Gasteiger partial charge >= 0.3 is 0 Å². The van der Waals surface area contributed by atoms with E-state index in [0.717, 1.165) is 24.9 Å². The molecule has 4 heteroatoms. The van der Waals surface area contributed by atoms with E-state index in [1.807, 2.05) is 6.07 Å². The van der Waals surface area contributed by atoms with Crippen molar-refractivity contribution in [1.29, 1.82) is 0 Å². The predicted octanol–water partition coefficient (Wildman–Crippen LogP) is 2.20. The largest absolute Gasteiger partial charge is 0.369 e. The van der Waals surface area contributed by atoms with Gasteiger partial charge in [-0.1, -0.05) is 25.7 Å². The van der Waals surface area contributed by atoms with Crippen molar-refractivity contribution in [2.24, 2.45) is 0 Å². The molecule has 1 aliphatic carbocycles. The zero-order valence-corrected chi connectivity index (χ0v) is 10.4. The molecular weight excluding hydrogens is 212 g/mol. The summed E-state index contributed by atoms with van der Waals surface area (Å²) < 4.78 is 0. The zero-order valence-electron chi connectivity index (χ0n) is 10.4. The van der Waals surface area contributed by atoms with Crippen LogP contribution in [0.1, 0.15) is 38.5 Å². The van der Waals surface area contributed by atoms with Crippen LogP contribution in [0.4, 0.5) is 5.82 Å². The third-order valence-electron chi connectivity index (χ3n) is 3.30. The van der Waals surface area contributed by atoms with E-state index >= 15 is 0 Å². The fourth-order valence-corrected chi connectivity index (χ4v) is 2.35. The highest BCUT2D eigenvalue weighted by molar-refractivity contribution is 5.31. The Labute approximate surface area is 103 Å². The van der Waals surface area contributed by atoms with E-state index in [9.17, 15) is 0 Å². The van der Waals surface area contributed by atoms with Crippen LogP contribution in [0.3, 0.4) is 0 Å². The maximum Gasteiger partial charge on any atom is 0.129 e. The summed E-state index contributed by atoms with van der Waals surface area (Å²) in [6, 6.07) is 2.62. The summed E-state index contributed by atoms with van der Waals surface area (Å²) in [7, 11) is 0. The van der Waals surface area contributed by atoms with Gasteiger partial charge in [0.2, 0.25) is 0 Å². The zero-order chi connectivity index (χ0) is 11.8. The van der Waals surface area contributed by atoms with Crippen LogP contribution in [-0.4, -0.2) is 29.1 Å². The third kappa shape index (κ3) is 4.69. The van der Waals surface area contributed by atoms with E-state index in [1.54, 1.807) is 12.5 Å². The first kappa shape index (κ1) is 12.3.